The molecule has 0 bridgehead atoms. The standard InChI is InChI=1S/C12H23N3O2/c1-3-10(11(13)14-17)12(16)15-8-6-4-5-7-9(15)2/h9-10,17H,3-8H2,1-2H3,(H2,13,14). The largest absolute Gasteiger partial charge is 0.409 e. The van der Waals surface area contributed by atoms with Crippen LogP contribution in [0, 0.1) is 5.92 Å². The van der Waals surface area contributed by atoms with Gasteiger partial charge in [0.1, 0.15) is 0 Å². The molecule has 2 atom stereocenters. The summed E-state index contributed by atoms with van der Waals surface area (Å²) in [6.45, 7) is 4.74. The summed E-state index contributed by atoms with van der Waals surface area (Å²) in [5, 5.41) is 11.7. The second-order valence-electron chi connectivity index (χ2n) is 4.72. The summed E-state index contributed by atoms with van der Waals surface area (Å²) < 4.78 is 0. The number of hydrogen-bond acceptors (Lipinski definition) is 3. The molecule has 0 aromatic carbocycles. The van der Waals surface area contributed by atoms with Gasteiger partial charge in [0.05, 0.1) is 5.92 Å². The molecule has 1 heterocycles. The summed E-state index contributed by atoms with van der Waals surface area (Å²) in [6.07, 6.45) is 5.00. The van der Waals surface area contributed by atoms with Gasteiger partial charge in [0.2, 0.25) is 5.91 Å². The zero-order valence-corrected chi connectivity index (χ0v) is 10.7. The third-order valence-corrected chi connectivity index (χ3v) is 3.51. The van der Waals surface area contributed by atoms with Crippen LogP contribution in [0.25, 0.3) is 0 Å². The first-order valence-corrected chi connectivity index (χ1v) is 6.39. The van der Waals surface area contributed by atoms with Gasteiger partial charge < -0.3 is 15.8 Å². The molecule has 5 heteroatoms. The minimum absolute atomic E-state index is 0.00259. The van der Waals surface area contributed by atoms with Gasteiger partial charge in [-0.2, -0.15) is 0 Å². The minimum Gasteiger partial charge on any atom is -0.409 e. The second-order valence-corrected chi connectivity index (χ2v) is 4.72. The molecule has 1 aliphatic heterocycles. The highest BCUT2D eigenvalue weighted by molar-refractivity contribution is 6.02. The van der Waals surface area contributed by atoms with Crippen molar-refractivity contribution in [1.29, 1.82) is 0 Å². The molecule has 17 heavy (non-hydrogen) atoms. The molecule has 0 saturated carbocycles. The highest BCUT2D eigenvalue weighted by Crippen LogP contribution is 2.19. The van der Waals surface area contributed by atoms with Crippen LogP contribution in [0.5, 0.6) is 0 Å². The lowest BCUT2D eigenvalue weighted by Gasteiger charge is -2.30. The number of carbonyl (C=O) groups is 1. The van der Waals surface area contributed by atoms with Crippen LogP contribution >= 0.6 is 0 Å². The van der Waals surface area contributed by atoms with E-state index in [2.05, 4.69) is 12.1 Å². The Hall–Kier alpha value is -1.26. The Bertz CT molecular complexity index is 291. The van der Waals surface area contributed by atoms with Gasteiger partial charge in [0, 0.05) is 12.6 Å². The summed E-state index contributed by atoms with van der Waals surface area (Å²) >= 11 is 0. The lowest BCUT2D eigenvalue weighted by Crippen LogP contribution is -2.45. The van der Waals surface area contributed by atoms with E-state index in [9.17, 15) is 4.79 Å². The fourth-order valence-corrected chi connectivity index (χ4v) is 2.38. The van der Waals surface area contributed by atoms with E-state index >= 15 is 0 Å². The molecule has 1 rings (SSSR count). The van der Waals surface area contributed by atoms with Crippen molar-refractivity contribution >= 4 is 11.7 Å². The summed E-state index contributed by atoms with van der Waals surface area (Å²) in [5.74, 6) is -0.466. The zero-order chi connectivity index (χ0) is 12.8. The Morgan fingerprint density at radius 1 is 1.53 bits per heavy atom. The van der Waals surface area contributed by atoms with E-state index in [1.807, 2.05) is 11.8 Å². The number of hydrogen-bond donors (Lipinski definition) is 2. The maximum atomic E-state index is 12.3. The van der Waals surface area contributed by atoms with Crippen LogP contribution in [0.1, 0.15) is 46.0 Å². The third kappa shape index (κ3) is 3.35. The number of likely N-dealkylation sites (tertiary alicyclic amines) is 1. The van der Waals surface area contributed by atoms with Crippen LogP contribution in [0.3, 0.4) is 0 Å². The SMILES string of the molecule is CCC(C(=O)N1CCCCCC1C)C(N)=NO. The van der Waals surface area contributed by atoms with Crippen molar-refractivity contribution in [3.8, 4) is 0 Å². The number of amidine groups is 1. The van der Waals surface area contributed by atoms with Gasteiger partial charge in [-0.25, -0.2) is 0 Å². The van der Waals surface area contributed by atoms with Gasteiger partial charge in [-0.1, -0.05) is 24.9 Å². The van der Waals surface area contributed by atoms with E-state index < -0.39 is 5.92 Å². The first-order valence-electron chi connectivity index (χ1n) is 6.39. The maximum absolute atomic E-state index is 12.3. The molecular weight excluding hydrogens is 218 g/mol. The van der Waals surface area contributed by atoms with Gasteiger partial charge in [0.25, 0.3) is 0 Å². The van der Waals surface area contributed by atoms with Crippen LogP contribution in [0.4, 0.5) is 0 Å². The molecule has 0 radical (unpaired) electrons. The first kappa shape index (κ1) is 13.8. The van der Waals surface area contributed by atoms with Crippen molar-refractivity contribution in [2.75, 3.05) is 6.54 Å². The van der Waals surface area contributed by atoms with Crippen molar-refractivity contribution in [3.63, 3.8) is 0 Å². The van der Waals surface area contributed by atoms with Gasteiger partial charge >= 0.3 is 0 Å². The van der Waals surface area contributed by atoms with Crippen LogP contribution in [0.15, 0.2) is 5.16 Å². The average molecular weight is 241 g/mol. The average Bonchev–Trinajstić information content (AvgIpc) is 2.54. The Labute approximate surface area is 103 Å². The Morgan fingerprint density at radius 3 is 2.82 bits per heavy atom. The smallest absolute Gasteiger partial charge is 0.233 e. The minimum atomic E-state index is -0.486. The van der Waals surface area contributed by atoms with Crippen molar-refractivity contribution in [2.24, 2.45) is 16.8 Å². The van der Waals surface area contributed by atoms with Crippen molar-refractivity contribution in [1.82, 2.24) is 4.90 Å². The number of amides is 1. The summed E-state index contributed by atoms with van der Waals surface area (Å²) in [7, 11) is 0. The molecular formula is C12H23N3O2. The molecule has 5 nitrogen and oxygen atoms in total. The van der Waals surface area contributed by atoms with Crippen molar-refractivity contribution < 1.29 is 10.0 Å². The van der Waals surface area contributed by atoms with Crippen molar-refractivity contribution in [2.45, 2.75) is 52.0 Å². The highest BCUT2D eigenvalue weighted by Gasteiger charge is 2.29. The molecule has 98 valence electrons. The van der Waals surface area contributed by atoms with E-state index in [0.717, 1.165) is 19.4 Å². The predicted molar refractivity (Wildman–Crippen MR) is 66.8 cm³/mol. The molecule has 1 fully saturated rings. The lowest BCUT2D eigenvalue weighted by molar-refractivity contribution is -0.135. The number of carbonyl (C=O) groups excluding carboxylic acids is 1. The topological polar surface area (TPSA) is 78.9 Å². The van der Waals surface area contributed by atoms with Crippen LogP contribution in [-0.2, 0) is 4.79 Å². The van der Waals surface area contributed by atoms with Crippen molar-refractivity contribution in [3.05, 3.63) is 0 Å². The highest BCUT2D eigenvalue weighted by atomic mass is 16.4. The number of rotatable bonds is 3. The van der Waals surface area contributed by atoms with E-state index in [1.165, 1.54) is 12.8 Å². The Kier molecular flexibility index (Phi) is 5.25. The quantitative estimate of drug-likeness (QED) is 0.340. The summed E-state index contributed by atoms with van der Waals surface area (Å²) in [4.78, 5) is 14.2. The van der Waals surface area contributed by atoms with Gasteiger partial charge in [-0.05, 0) is 26.2 Å². The van der Waals surface area contributed by atoms with Gasteiger partial charge in [-0.15, -0.1) is 0 Å². The van der Waals surface area contributed by atoms with Crippen LogP contribution < -0.4 is 5.73 Å². The molecule has 0 aromatic rings. The molecule has 1 aliphatic rings. The molecule has 2 unspecified atom stereocenters. The molecule has 0 spiro atoms. The predicted octanol–water partition coefficient (Wildman–Crippen LogP) is 1.55. The van der Waals surface area contributed by atoms with Gasteiger partial charge in [-0.3, -0.25) is 4.79 Å². The zero-order valence-electron chi connectivity index (χ0n) is 10.7. The summed E-state index contributed by atoms with van der Waals surface area (Å²) in [6, 6.07) is 0.255. The van der Waals surface area contributed by atoms with E-state index in [1.54, 1.807) is 0 Å². The first-order chi connectivity index (χ1) is 8.11. The molecule has 0 aliphatic carbocycles. The van der Waals surface area contributed by atoms with E-state index in [4.69, 9.17) is 10.9 Å². The Balaban J connectivity index is 2.78. The van der Waals surface area contributed by atoms with E-state index in [-0.39, 0.29) is 17.8 Å². The summed E-state index contributed by atoms with van der Waals surface area (Å²) in [5.41, 5.74) is 5.57. The maximum Gasteiger partial charge on any atom is 0.233 e. The second kappa shape index (κ2) is 6.47. The number of nitrogens with zero attached hydrogens (tertiary/aromatic N) is 2. The molecule has 3 N–H and O–H groups in total. The molecule has 1 saturated heterocycles. The molecule has 1 amide bonds. The number of oxime groups is 1. The lowest BCUT2D eigenvalue weighted by atomic mass is 10.0. The molecule has 0 aromatic heterocycles. The fourth-order valence-electron chi connectivity index (χ4n) is 2.38. The normalized spacial score (nSPS) is 24.2. The monoisotopic (exact) mass is 241 g/mol. The van der Waals surface area contributed by atoms with Crippen LogP contribution in [0.2, 0.25) is 0 Å². The number of nitrogens with two attached hydrogens (primary N) is 1. The van der Waals surface area contributed by atoms with Crippen LogP contribution in [-0.4, -0.2) is 34.4 Å². The van der Waals surface area contributed by atoms with E-state index in [0.29, 0.717) is 6.42 Å². The Morgan fingerprint density at radius 2 is 2.24 bits per heavy atom. The fraction of sp³-hybridized carbons (Fsp3) is 0.833. The third-order valence-electron chi connectivity index (χ3n) is 3.51. The van der Waals surface area contributed by atoms with Gasteiger partial charge in [0.15, 0.2) is 5.84 Å².